The third-order valence-corrected chi connectivity index (χ3v) is 4.56. The number of aromatic nitrogens is 2. The van der Waals surface area contributed by atoms with Gasteiger partial charge in [0.1, 0.15) is 12.4 Å². The summed E-state index contributed by atoms with van der Waals surface area (Å²) >= 11 is 1.74. The summed E-state index contributed by atoms with van der Waals surface area (Å²) in [5.41, 5.74) is 2.04. The summed E-state index contributed by atoms with van der Waals surface area (Å²) in [5, 5.41) is 0. The van der Waals surface area contributed by atoms with Gasteiger partial charge in [-0.15, -0.1) is 0 Å². The van der Waals surface area contributed by atoms with Gasteiger partial charge in [0.05, 0.1) is 16.8 Å². The predicted molar refractivity (Wildman–Crippen MR) is 87.4 cm³/mol. The molecule has 0 unspecified atom stereocenters. The lowest BCUT2D eigenvalue weighted by atomic mass is 10.1. The molecule has 3 rings (SSSR count). The molecule has 1 fully saturated rings. The minimum absolute atomic E-state index is 0.222. The van der Waals surface area contributed by atoms with Crippen molar-refractivity contribution in [3.8, 4) is 0 Å². The fourth-order valence-electron chi connectivity index (χ4n) is 2.92. The molecule has 112 valence electrons. The van der Waals surface area contributed by atoms with Crippen LogP contribution in [0.3, 0.4) is 0 Å². The molecule has 2 aromatic rings. The molecule has 0 N–H and O–H groups in total. The van der Waals surface area contributed by atoms with Crippen LogP contribution in [-0.2, 0) is 17.1 Å². The number of likely N-dealkylation sites (tertiary alicyclic amines) is 1. The van der Waals surface area contributed by atoms with Gasteiger partial charge in [-0.05, 0) is 37.7 Å². The number of amides is 1. The van der Waals surface area contributed by atoms with E-state index in [2.05, 4.69) is 21.9 Å². The highest BCUT2D eigenvalue weighted by Crippen LogP contribution is 2.20. The Morgan fingerprint density at radius 1 is 1.24 bits per heavy atom. The number of benzene rings is 1. The van der Waals surface area contributed by atoms with E-state index in [0.717, 1.165) is 48.5 Å². The Balaban J connectivity index is 1.87. The Morgan fingerprint density at radius 2 is 2.00 bits per heavy atom. The summed E-state index contributed by atoms with van der Waals surface area (Å²) < 4.78 is 2.09. The molecular weight excluding hydrogens is 282 g/mol. The summed E-state index contributed by atoms with van der Waals surface area (Å²) in [6, 6.07) is 8.07. The third kappa shape index (κ3) is 3.07. The zero-order valence-corrected chi connectivity index (χ0v) is 13.2. The summed E-state index contributed by atoms with van der Waals surface area (Å²) in [6.07, 6.45) is 5.58. The van der Waals surface area contributed by atoms with Crippen molar-refractivity contribution < 1.29 is 4.79 Å². The van der Waals surface area contributed by atoms with Crippen LogP contribution in [0, 0.1) is 0 Å². The maximum atomic E-state index is 12.5. The summed E-state index contributed by atoms with van der Waals surface area (Å²) in [4.78, 5) is 19.2. The van der Waals surface area contributed by atoms with Crippen molar-refractivity contribution in [2.75, 3.05) is 19.3 Å². The minimum Gasteiger partial charge on any atom is -0.341 e. The molecule has 2 heterocycles. The number of piperidine rings is 1. The van der Waals surface area contributed by atoms with E-state index in [1.807, 2.05) is 23.1 Å². The molecule has 1 amide bonds. The van der Waals surface area contributed by atoms with E-state index >= 15 is 0 Å². The largest absolute Gasteiger partial charge is 0.341 e. The van der Waals surface area contributed by atoms with Gasteiger partial charge >= 0.3 is 0 Å². The normalized spacial score (nSPS) is 15.6. The average molecular weight is 303 g/mol. The van der Waals surface area contributed by atoms with Gasteiger partial charge in [-0.2, -0.15) is 11.8 Å². The maximum Gasteiger partial charge on any atom is 0.242 e. The second-order valence-electron chi connectivity index (χ2n) is 5.48. The second-order valence-corrected chi connectivity index (χ2v) is 6.34. The lowest BCUT2D eigenvalue weighted by Gasteiger charge is -2.27. The molecule has 1 aromatic heterocycles. The quantitative estimate of drug-likeness (QED) is 0.871. The zero-order chi connectivity index (χ0) is 14.7. The molecule has 0 saturated carbocycles. The highest BCUT2D eigenvalue weighted by molar-refractivity contribution is 7.97. The Kier molecular flexibility index (Phi) is 4.48. The number of hydrogen-bond donors (Lipinski definition) is 0. The molecule has 21 heavy (non-hydrogen) atoms. The number of hydrogen-bond acceptors (Lipinski definition) is 3. The number of fused-ring (bicyclic) bond motifs is 1. The lowest BCUT2D eigenvalue weighted by Crippen LogP contribution is -2.38. The Bertz CT molecular complexity index is 631. The van der Waals surface area contributed by atoms with Crippen molar-refractivity contribution in [3.05, 3.63) is 30.1 Å². The van der Waals surface area contributed by atoms with Crippen molar-refractivity contribution in [3.63, 3.8) is 0 Å². The van der Waals surface area contributed by atoms with E-state index in [0.29, 0.717) is 6.54 Å². The van der Waals surface area contributed by atoms with Crippen LogP contribution in [0.15, 0.2) is 24.3 Å². The number of carbonyl (C=O) groups excluding carboxylic acids is 1. The van der Waals surface area contributed by atoms with Crippen LogP contribution in [0.25, 0.3) is 11.0 Å². The van der Waals surface area contributed by atoms with Gasteiger partial charge < -0.3 is 9.47 Å². The SMILES string of the molecule is CSCc1nc2ccccc2n1CC(=O)N1CCCCC1. The highest BCUT2D eigenvalue weighted by atomic mass is 32.2. The molecule has 0 bridgehead atoms. The first-order valence-corrected chi connectivity index (χ1v) is 8.90. The van der Waals surface area contributed by atoms with Crippen molar-refractivity contribution in [2.24, 2.45) is 0 Å². The number of nitrogens with zero attached hydrogens (tertiary/aromatic N) is 3. The van der Waals surface area contributed by atoms with E-state index in [1.165, 1.54) is 6.42 Å². The van der Waals surface area contributed by atoms with Gasteiger partial charge in [0.2, 0.25) is 5.91 Å². The van der Waals surface area contributed by atoms with Crippen LogP contribution >= 0.6 is 11.8 Å². The fraction of sp³-hybridized carbons (Fsp3) is 0.500. The first kappa shape index (κ1) is 14.4. The van der Waals surface area contributed by atoms with E-state index in [9.17, 15) is 4.79 Å². The first-order valence-electron chi connectivity index (χ1n) is 7.50. The van der Waals surface area contributed by atoms with Gasteiger partial charge in [-0.25, -0.2) is 4.98 Å². The van der Waals surface area contributed by atoms with E-state index < -0.39 is 0 Å². The van der Waals surface area contributed by atoms with E-state index in [-0.39, 0.29) is 5.91 Å². The van der Waals surface area contributed by atoms with Gasteiger partial charge in [0.15, 0.2) is 0 Å². The standard InChI is InChI=1S/C16H21N3OS/c1-21-12-15-17-13-7-3-4-8-14(13)19(15)11-16(20)18-9-5-2-6-10-18/h3-4,7-8H,2,5-6,9-12H2,1H3. The number of para-hydroxylation sites is 2. The van der Waals surface area contributed by atoms with E-state index in [1.54, 1.807) is 11.8 Å². The lowest BCUT2D eigenvalue weighted by molar-refractivity contribution is -0.132. The van der Waals surface area contributed by atoms with Crippen LogP contribution < -0.4 is 0 Å². The molecule has 5 heteroatoms. The van der Waals surface area contributed by atoms with Crippen LogP contribution in [0.5, 0.6) is 0 Å². The molecule has 0 atom stereocenters. The Hall–Kier alpha value is -1.49. The van der Waals surface area contributed by atoms with Crippen LogP contribution in [0.4, 0.5) is 0 Å². The summed E-state index contributed by atoms with van der Waals surface area (Å²) in [7, 11) is 0. The first-order chi connectivity index (χ1) is 10.3. The van der Waals surface area contributed by atoms with Gasteiger partial charge in [0, 0.05) is 13.1 Å². The smallest absolute Gasteiger partial charge is 0.242 e. The average Bonchev–Trinajstić information content (AvgIpc) is 2.86. The number of rotatable bonds is 4. The zero-order valence-electron chi connectivity index (χ0n) is 12.4. The monoisotopic (exact) mass is 303 g/mol. The van der Waals surface area contributed by atoms with Gasteiger partial charge in [-0.1, -0.05) is 12.1 Å². The molecule has 4 nitrogen and oxygen atoms in total. The molecular formula is C16H21N3OS. The molecule has 1 aliphatic rings. The summed E-state index contributed by atoms with van der Waals surface area (Å²) in [6.45, 7) is 2.23. The molecule has 1 aromatic carbocycles. The van der Waals surface area contributed by atoms with Crippen LogP contribution in [0.1, 0.15) is 25.1 Å². The maximum absolute atomic E-state index is 12.5. The molecule has 1 aliphatic heterocycles. The van der Waals surface area contributed by atoms with Crippen molar-refractivity contribution in [2.45, 2.75) is 31.6 Å². The number of imidazole rings is 1. The Labute approximate surface area is 129 Å². The van der Waals surface area contributed by atoms with Crippen LogP contribution in [0.2, 0.25) is 0 Å². The van der Waals surface area contributed by atoms with Crippen molar-refractivity contribution in [1.82, 2.24) is 14.5 Å². The third-order valence-electron chi connectivity index (χ3n) is 4.01. The van der Waals surface area contributed by atoms with Gasteiger partial charge in [-0.3, -0.25) is 4.79 Å². The number of carbonyl (C=O) groups is 1. The van der Waals surface area contributed by atoms with E-state index in [4.69, 9.17) is 0 Å². The fourth-order valence-corrected chi connectivity index (χ4v) is 3.40. The van der Waals surface area contributed by atoms with Gasteiger partial charge in [0.25, 0.3) is 0 Å². The molecule has 0 spiro atoms. The second kappa shape index (κ2) is 6.52. The van der Waals surface area contributed by atoms with Crippen molar-refractivity contribution in [1.29, 1.82) is 0 Å². The van der Waals surface area contributed by atoms with Crippen molar-refractivity contribution >= 4 is 28.7 Å². The molecule has 0 radical (unpaired) electrons. The topological polar surface area (TPSA) is 38.1 Å². The Morgan fingerprint density at radius 3 is 2.76 bits per heavy atom. The predicted octanol–water partition coefficient (Wildman–Crippen LogP) is 2.91. The minimum atomic E-state index is 0.222. The summed E-state index contributed by atoms with van der Waals surface area (Å²) in [5.74, 6) is 2.05. The highest BCUT2D eigenvalue weighted by Gasteiger charge is 2.19. The van der Waals surface area contributed by atoms with Crippen LogP contribution in [-0.4, -0.2) is 39.7 Å². The molecule has 1 saturated heterocycles. The molecule has 0 aliphatic carbocycles. The number of thioether (sulfide) groups is 1.